The van der Waals surface area contributed by atoms with Gasteiger partial charge in [0.2, 0.25) is 5.91 Å². The largest absolute Gasteiger partial charge is 0.467 e. The molecule has 1 saturated heterocycles. The van der Waals surface area contributed by atoms with E-state index in [2.05, 4.69) is 26.9 Å². The molecule has 0 radical (unpaired) electrons. The highest BCUT2D eigenvalue weighted by Gasteiger charge is 2.31. The number of carbonyl (C=O) groups excluding carboxylic acids is 1. The Bertz CT molecular complexity index is 1200. The second-order valence-electron chi connectivity index (χ2n) is 8.16. The Balaban J connectivity index is 1.38. The molecule has 0 aliphatic carbocycles. The number of halogens is 1. The highest BCUT2D eigenvalue weighted by Crippen LogP contribution is 2.25. The number of carbonyl (C=O) groups is 1. The van der Waals surface area contributed by atoms with Gasteiger partial charge < -0.3 is 14.3 Å². The van der Waals surface area contributed by atoms with Crippen LogP contribution in [0, 0.1) is 0 Å². The van der Waals surface area contributed by atoms with Crippen molar-refractivity contribution in [1.29, 1.82) is 0 Å². The third-order valence-electron chi connectivity index (χ3n) is 6.00. The molecule has 2 aromatic heterocycles. The van der Waals surface area contributed by atoms with Crippen molar-refractivity contribution in [3.05, 3.63) is 89.1 Å². The fourth-order valence-electron chi connectivity index (χ4n) is 4.42. The molecule has 1 aliphatic heterocycles. The molecule has 4 aromatic rings. The molecule has 32 heavy (non-hydrogen) atoms. The van der Waals surface area contributed by atoms with Crippen molar-refractivity contribution in [2.24, 2.45) is 0 Å². The molecule has 164 valence electrons. The summed E-state index contributed by atoms with van der Waals surface area (Å²) in [7, 11) is 0. The second-order valence-corrected chi connectivity index (χ2v) is 8.59. The maximum Gasteiger partial charge on any atom is 0.237 e. The Hall–Kier alpha value is -3.09. The zero-order valence-electron chi connectivity index (χ0n) is 17.7. The standard InChI is InChI=1S/C25H25ClN4O2/c26-19-10-11-22-21(14-19)28-24(30(22)16-18-6-2-1-3-7-18)17-29-12-4-9-23(29)25(31)27-15-20-8-5-13-32-20/h1-3,5-8,10-11,13-14,23H,4,9,12,15-17H2,(H,27,31). The Labute approximate surface area is 191 Å². The predicted octanol–water partition coefficient (Wildman–Crippen LogP) is 4.61. The molecule has 3 heterocycles. The smallest absolute Gasteiger partial charge is 0.237 e. The van der Waals surface area contributed by atoms with E-state index in [9.17, 15) is 4.79 Å². The van der Waals surface area contributed by atoms with E-state index in [-0.39, 0.29) is 11.9 Å². The van der Waals surface area contributed by atoms with Crippen molar-refractivity contribution >= 4 is 28.5 Å². The van der Waals surface area contributed by atoms with Gasteiger partial charge in [-0.2, -0.15) is 0 Å². The zero-order chi connectivity index (χ0) is 21.9. The number of nitrogens with zero attached hydrogens (tertiary/aromatic N) is 3. The fraction of sp³-hybridized carbons (Fsp3) is 0.280. The molecule has 1 fully saturated rings. The van der Waals surface area contributed by atoms with Gasteiger partial charge in [0, 0.05) is 11.6 Å². The van der Waals surface area contributed by atoms with Gasteiger partial charge in [-0.15, -0.1) is 0 Å². The highest BCUT2D eigenvalue weighted by molar-refractivity contribution is 6.31. The van der Waals surface area contributed by atoms with Gasteiger partial charge in [0.25, 0.3) is 0 Å². The molecule has 1 amide bonds. The third kappa shape index (κ3) is 4.42. The molecule has 1 aliphatic rings. The fourth-order valence-corrected chi connectivity index (χ4v) is 4.58. The minimum Gasteiger partial charge on any atom is -0.467 e. The molecule has 1 N–H and O–H groups in total. The first-order valence-corrected chi connectivity index (χ1v) is 11.3. The normalized spacial score (nSPS) is 16.6. The van der Waals surface area contributed by atoms with Crippen LogP contribution < -0.4 is 5.32 Å². The lowest BCUT2D eigenvalue weighted by Crippen LogP contribution is -2.43. The molecule has 6 nitrogen and oxygen atoms in total. The number of likely N-dealkylation sites (tertiary alicyclic amines) is 1. The lowest BCUT2D eigenvalue weighted by atomic mass is 10.2. The van der Waals surface area contributed by atoms with Crippen LogP contribution in [0.2, 0.25) is 5.02 Å². The summed E-state index contributed by atoms with van der Waals surface area (Å²) in [5, 5.41) is 3.68. The summed E-state index contributed by atoms with van der Waals surface area (Å²) >= 11 is 6.23. The number of furan rings is 1. The van der Waals surface area contributed by atoms with E-state index in [1.165, 1.54) is 5.56 Å². The maximum absolute atomic E-state index is 12.9. The highest BCUT2D eigenvalue weighted by atomic mass is 35.5. The van der Waals surface area contributed by atoms with Crippen molar-refractivity contribution in [3.8, 4) is 0 Å². The lowest BCUT2D eigenvalue weighted by molar-refractivity contribution is -0.125. The van der Waals surface area contributed by atoms with Crippen LogP contribution in [-0.2, 0) is 24.4 Å². The quantitative estimate of drug-likeness (QED) is 0.448. The topological polar surface area (TPSA) is 63.3 Å². The summed E-state index contributed by atoms with van der Waals surface area (Å²) in [6, 6.07) is 19.7. The maximum atomic E-state index is 12.9. The molecule has 5 rings (SSSR count). The first-order valence-electron chi connectivity index (χ1n) is 10.9. The van der Waals surface area contributed by atoms with E-state index in [1.807, 2.05) is 48.5 Å². The Kier molecular flexibility index (Phi) is 5.97. The van der Waals surface area contributed by atoms with Crippen molar-refractivity contribution in [1.82, 2.24) is 19.8 Å². The van der Waals surface area contributed by atoms with Crippen LogP contribution in [0.1, 0.15) is 30.0 Å². The summed E-state index contributed by atoms with van der Waals surface area (Å²) in [5.41, 5.74) is 3.13. The van der Waals surface area contributed by atoms with Crippen LogP contribution in [0.15, 0.2) is 71.3 Å². The number of nitrogens with one attached hydrogen (secondary N) is 1. The van der Waals surface area contributed by atoms with Gasteiger partial charge >= 0.3 is 0 Å². The minimum absolute atomic E-state index is 0.0349. The van der Waals surface area contributed by atoms with Gasteiger partial charge in [-0.3, -0.25) is 9.69 Å². The number of fused-ring (bicyclic) bond motifs is 1. The molecule has 1 unspecified atom stereocenters. The van der Waals surface area contributed by atoms with Crippen molar-refractivity contribution < 1.29 is 9.21 Å². The Morgan fingerprint density at radius 3 is 2.81 bits per heavy atom. The molecule has 7 heteroatoms. The lowest BCUT2D eigenvalue weighted by Gasteiger charge is -2.23. The average molecular weight is 449 g/mol. The molecular formula is C25H25ClN4O2. The van der Waals surface area contributed by atoms with Crippen LogP contribution in [0.4, 0.5) is 0 Å². The third-order valence-corrected chi connectivity index (χ3v) is 6.24. The van der Waals surface area contributed by atoms with Gasteiger partial charge in [-0.25, -0.2) is 4.98 Å². The zero-order valence-corrected chi connectivity index (χ0v) is 18.5. The summed E-state index contributed by atoms with van der Waals surface area (Å²) in [5.74, 6) is 1.73. The van der Waals surface area contributed by atoms with Crippen molar-refractivity contribution in [2.75, 3.05) is 6.54 Å². The Morgan fingerprint density at radius 2 is 2.00 bits per heavy atom. The molecule has 0 bridgehead atoms. The summed E-state index contributed by atoms with van der Waals surface area (Å²) in [6.07, 6.45) is 3.45. The first kappa shape index (κ1) is 20.8. The number of benzene rings is 2. The van der Waals surface area contributed by atoms with Gasteiger partial charge in [0.1, 0.15) is 11.6 Å². The van der Waals surface area contributed by atoms with Crippen molar-refractivity contribution in [3.63, 3.8) is 0 Å². The molecular weight excluding hydrogens is 424 g/mol. The van der Waals surface area contributed by atoms with E-state index in [0.717, 1.165) is 48.5 Å². The average Bonchev–Trinajstić information content (AvgIpc) is 3.54. The molecule has 2 aromatic carbocycles. The molecule has 1 atom stereocenters. The SMILES string of the molecule is O=C(NCc1ccco1)C1CCCN1Cc1nc2cc(Cl)ccc2n1Cc1ccccc1. The number of amides is 1. The van der Waals surface area contributed by atoms with E-state index < -0.39 is 0 Å². The first-order chi connectivity index (χ1) is 15.7. The van der Waals surface area contributed by atoms with Gasteiger partial charge in [0.15, 0.2) is 0 Å². The Morgan fingerprint density at radius 1 is 1.12 bits per heavy atom. The summed E-state index contributed by atoms with van der Waals surface area (Å²) in [6.45, 7) is 2.60. The van der Waals surface area contributed by atoms with E-state index in [0.29, 0.717) is 18.1 Å². The summed E-state index contributed by atoms with van der Waals surface area (Å²) in [4.78, 5) is 20.0. The van der Waals surface area contributed by atoms with Crippen LogP contribution >= 0.6 is 11.6 Å². The van der Waals surface area contributed by atoms with Crippen LogP contribution in [0.5, 0.6) is 0 Å². The van der Waals surface area contributed by atoms with Gasteiger partial charge in [-0.05, 0) is 55.3 Å². The second kappa shape index (κ2) is 9.18. The van der Waals surface area contributed by atoms with Gasteiger partial charge in [-0.1, -0.05) is 41.9 Å². The predicted molar refractivity (Wildman–Crippen MR) is 124 cm³/mol. The monoisotopic (exact) mass is 448 g/mol. The molecule has 0 spiro atoms. The van der Waals surface area contributed by atoms with E-state index in [4.69, 9.17) is 21.0 Å². The molecule has 0 saturated carbocycles. The number of imidazole rings is 1. The van der Waals surface area contributed by atoms with Crippen LogP contribution in [0.3, 0.4) is 0 Å². The van der Waals surface area contributed by atoms with E-state index >= 15 is 0 Å². The number of hydrogen-bond donors (Lipinski definition) is 1. The van der Waals surface area contributed by atoms with Crippen LogP contribution in [-0.4, -0.2) is 32.9 Å². The number of hydrogen-bond acceptors (Lipinski definition) is 4. The number of aromatic nitrogens is 2. The van der Waals surface area contributed by atoms with Gasteiger partial charge in [0.05, 0.1) is 36.4 Å². The minimum atomic E-state index is -0.168. The summed E-state index contributed by atoms with van der Waals surface area (Å²) < 4.78 is 7.57. The van der Waals surface area contributed by atoms with Crippen molar-refractivity contribution in [2.45, 2.75) is 38.5 Å². The van der Waals surface area contributed by atoms with Crippen LogP contribution in [0.25, 0.3) is 11.0 Å². The number of rotatable bonds is 7. The van der Waals surface area contributed by atoms with E-state index in [1.54, 1.807) is 6.26 Å².